The Morgan fingerprint density at radius 1 is 1.40 bits per heavy atom. The fourth-order valence-corrected chi connectivity index (χ4v) is 1.60. The van der Waals surface area contributed by atoms with Crippen LogP contribution in [0.15, 0.2) is 16.1 Å². The van der Waals surface area contributed by atoms with Crippen molar-refractivity contribution in [2.45, 2.75) is 33.7 Å². The van der Waals surface area contributed by atoms with Crippen molar-refractivity contribution in [1.29, 1.82) is 0 Å². The van der Waals surface area contributed by atoms with Gasteiger partial charge in [-0.1, -0.05) is 0 Å². The number of Topliss-reactive ketones (excluding diaryl/α,β-unsaturated/α-hetero) is 1. The van der Waals surface area contributed by atoms with Gasteiger partial charge in [0.25, 0.3) is 0 Å². The minimum Gasteiger partial charge on any atom is -0.464 e. The molecule has 0 aromatic carbocycles. The number of carbonyl (C=O) groups excluding carboxylic acids is 2. The topological polar surface area (TPSA) is 55.7 Å². The minimum absolute atomic E-state index is 0.119. The summed E-state index contributed by atoms with van der Waals surface area (Å²) in [4.78, 5) is 27.1. The SMILES string of the molecule is CCOC(=O)[C@@H]1N=C(C)C(C)=C1C(C)=O. The monoisotopic (exact) mass is 209 g/mol. The minimum atomic E-state index is -0.748. The van der Waals surface area contributed by atoms with Crippen molar-refractivity contribution in [1.82, 2.24) is 0 Å². The third kappa shape index (κ3) is 2.14. The van der Waals surface area contributed by atoms with Crippen LogP contribution < -0.4 is 0 Å². The fraction of sp³-hybridized carbons (Fsp3) is 0.545. The van der Waals surface area contributed by atoms with Gasteiger partial charge in [-0.25, -0.2) is 4.79 Å². The van der Waals surface area contributed by atoms with Gasteiger partial charge in [0, 0.05) is 11.3 Å². The lowest BCUT2D eigenvalue weighted by atomic mass is 10.00. The molecule has 0 amide bonds. The van der Waals surface area contributed by atoms with Crippen LogP contribution in [-0.2, 0) is 14.3 Å². The summed E-state index contributed by atoms with van der Waals surface area (Å²) in [7, 11) is 0. The lowest BCUT2D eigenvalue weighted by molar-refractivity contribution is -0.144. The van der Waals surface area contributed by atoms with Crippen molar-refractivity contribution in [2.24, 2.45) is 4.99 Å². The first kappa shape index (κ1) is 11.6. The van der Waals surface area contributed by atoms with E-state index in [-0.39, 0.29) is 5.78 Å². The summed E-state index contributed by atoms with van der Waals surface area (Å²) in [6, 6.07) is -0.748. The first-order valence-corrected chi connectivity index (χ1v) is 4.92. The van der Waals surface area contributed by atoms with Gasteiger partial charge in [0.15, 0.2) is 11.8 Å². The predicted octanol–water partition coefficient (Wildman–Crippen LogP) is 1.30. The van der Waals surface area contributed by atoms with Crippen LogP contribution in [0.5, 0.6) is 0 Å². The standard InChI is InChI=1S/C11H15NO3/c1-5-15-11(14)10-9(8(4)13)6(2)7(3)12-10/h10H,5H2,1-4H3/t10-/m1/s1. The van der Waals surface area contributed by atoms with Crippen LogP contribution in [-0.4, -0.2) is 30.1 Å². The van der Waals surface area contributed by atoms with E-state index in [2.05, 4.69) is 4.99 Å². The number of hydrogen-bond acceptors (Lipinski definition) is 4. The van der Waals surface area contributed by atoms with Crippen LogP contribution in [0.4, 0.5) is 0 Å². The Labute approximate surface area is 89.0 Å². The molecule has 0 aromatic rings. The molecule has 1 aliphatic heterocycles. The summed E-state index contributed by atoms with van der Waals surface area (Å²) in [6.07, 6.45) is 0. The van der Waals surface area contributed by atoms with E-state index < -0.39 is 12.0 Å². The Morgan fingerprint density at radius 3 is 2.47 bits per heavy atom. The molecule has 0 aliphatic carbocycles. The van der Waals surface area contributed by atoms with Gasteiger partial charge >= 0.3 is 5.97 Å². The molecule has 0 radical (unpaired) electrons. The van der Waals surface area contributed by atoms with E-state index in [9.17, 15) is 9.59 Å². The molecule has 15 heavy (non-hydrogen) atoms. The number of hydrogen-bond donors (Lipinski definition) is 0. The average molecular weight is 209 g/mol. The zero-order valence-corrected chi connectivity index (χ0v) is 9.46. The van der Waals surface area contributed by atoms with Gasteiger partial charge in [-0.2, -0.15) is 0 Å². The molecule has 0 fully saturated rings. The molecule has 0 N–H and O–H groups in total. The molecule has 0 saturated carbocycles. The quantitative estimate of drug-likeness (QED) is 0.658. The number of aliphatic imine (C=N–C) groups is 1. The second kappa shape index (κ2) is 4.38. The average Bonchev–Trinajstić information content (AvgIpc) is 2.44. The third-order valence-corrected chi connectivity index (χ3v) is 2.43. The van der Waals surface area contributed by atoms with Crippen LogP contribution in [0.2, 0.25) is 0 Å². The van der Waals surface area contributed by atoms with E-state index in [4.69, 9.17) is 4.74 Å². The maximum Gasteiger partial charge on any atom is 0.335 e. The molecule has 0 spiro atoms. The van der Waals surface area contributed by atoms with Crippen LogP contribution in [0, 0.1) is 0 Å². The summed E-state index contributed by atoms with van der Waals surface area (Å²) >= 11 is 0. The maximum absolute atomic E-state index is 11.5. The smallest absolute Gasteiger partial charge is 0.335 e. The zero-order valence-electron chi connectivity index (χ0n) is 9.46. The summed E-state index contributed by atoms with van der Waals surface area (Å²) in [5.41, 5.74) is 1.99. The molecule has 0 aromatic heterocycles. The van der Waals surface area contributed by atoms with E-state index in [1.807, 2.05) is 0 Å². The Morgan fingerprint density at radius 2 is 2.00 bits per heavy atom. The summed E-state index contributed by atoms with van der Waals surface area (Å²) in [5.74, 6) is -0.565. The lowest BCUT2D eigenvalue weighted by Crippen LogP contribution is -2.25. The molecular formula is C11H15NO3. The van der Waals surface area contributed by atoms with E-state index >= 15 is 0 Å². The van der Waals surface area contributed by atoms with Gasteiger partial charge in [-0.3, -0.25) is 9.79 Å². The Balaban J connectivity index is 3.01. The summed E-state index contributed by atoms with van der Waals surface area (Å²) in [6.45, 7) is 7.06. The van der Waals surface area contributed by atoms with Gasteiger partial charge in [0.1, 0.15) is 0 Å². The van der Waals surface area contributed by atoms with Crippen LogP contribution in [0.1, 0.15) is 27.7 Å². The third-order valence-electron chi connectivity index (χ3n) is 2.43. The van der Waals surface area contributed by atoms with Crippen molar-refractivity contribution < 1.29 is 14.3 Å². The number of esters is 1. The highest BCUT2D eigenvalue weighted by Gasteiger charge is 2.33. The highest BCUT2D eigenvalue weighted by Crippen LogP contribution is 2.23. The number of ether oxygens (including phenoxy) is 1. The molecule has 82 valence electrons. The van der Waals surface area contributed by atoms with Crippen molar-refractivity contribution in [2.75, 3.05) is 6.61 Å². The summed E-state index contributed by atoms with van der Waals surface area (Å²) in [5, 5.41) is 0. The predicted molar refractivity (Wildman–Crippen MR) is 56.9 cm³/mol. The Bertz CT molecular complexity index is 366. The molecule has 1 aliphatic rings. The second-order valence-corrected chi connectivity index (χ2v) is 3.46. The van der Waals surface area contributed by atoms with Gasteiger partial charge in [0.2, 0.25) is 0 Å². The van der Waals surface area contributed by atoms with E-state index in [1.165, 1.54) is 6.92 Å². The molecule has 4 nitrogen and oxygen atoms in total. The Hall–Kier alpha value is -1.45. The fourth-order valence-electron chi connectivity index (χ4n) is 1.60. The van der Waals surface area contributed by atoms with Crippen molar-refractivity contribution in [3.05, 3.63) is 11.1 Å². The largest absolute Gasteiger partial charge is 0.464 e. The van der Waals surface area contributed by atoms with Gasteiger partial charge in [0.05, 0.1) is 6.61 Å². The van der Waals surface area contributed by atoms with Crippen molar-refractivity contribution >= 4 is 17.5 Å². The number of carbonyl (C=O) groups is 2. The number of nitrogens with zero attached hydrogens (tertiary/aromatic N) is 1. The van der Waals surface area contributed by atoms with E-state index in [0.717, 1.165) is 11.3 Å². The number of allylic oxidation sites excluding steroid dienone is 1. The van der Waals surface area contributed by atoms with E-state index in [1.54, 1.807) is 20.8 Å². The number of rotatable bonds is 3. The molecule has 0 unspecified atom stereocenters. The van der Waals surface area contributed by atoms with Gasteiger partial charge < -0.3 is 4.74 Å². The molecular weight excluding hydrogens is 194 g/mol. The highest BCUT2D eigenvalue weighted by molar-refractivity contribution is 6.14. The molecule has 1 atom stereocenters. The number of ketones is 1. The van der Waals surface area contributed by atoms with Crippen LogP contribution in [0.3, 0.4) is 0 Å². The Kier molecular flexibility index (Phi) is 3.39. The van der Waals surface area contributed by atoms with Crippen LogP contribution in [0.25, 0.3) is 0 Å². The second-order valence-electron chi connectivity index (χ2n) is 3.46. The summed E-state index contributed by atoms with van der Waals surface area (Å²) < 4.78 is 4.87. The molecule has 0 saturated heterocycles. The van der Waals surface area contributed by atoms with Crippen molar-refractivity contribution in [3.63, 3.8) is 0 Å². The molecule has 4 heteroatoms. The van der Waals surface area contributed by atoms with E-state index in [0.29, 0.717) is 12.2 Å². The van der Waals surface area contributed by atoms with Crippen LogP contribution >= 0.6 is 0 Å². The normalized spacial score (nSPS) is 20.3. The van der Waals surface area contributed by atoms with Gasteiger partial charge in [-0.05, 0) is 33.3 Å². The zero-order chi connectivity index (χ0) is 11.6. The molecule has 0 bridgehead atoms. The van der Waals surface area contributed by atoms with Gasteiger partial charge in [-0.15, -0.1) is 0 Å². The molecule has 1 heterocycles. The molecule has 1 rings (SSSR count). The first-order valence-electron chi connectivity index (χ1n) is 4.92. The highest BCUT2D eigenvalue weighted by atomic mass is 16.5. The first-order chi connectivity index (χ1) is 6.99. The lowest BCUT2D eigenvalue weighted by Gasteiger charge is -2.09. The van der Waals surface area contributed by atoms with Crippen molar-refractivity contribution in [3.8, 4) is 0 Å². The maximum atomic E-state index is 11.5.